The van der Waals surface area contributed by atoms with Gasteiger partial charge in [-0.25, -0.2) is 0 Å². The van der Waals surface area contributed by atoms with E-state index in [-0.39, 0.29) is 5.91 Å². The Labute approximate surface area is 111 Å². The monoisotopic (exact) mass is 256 g/mol. The molecule has 5 heteroatoms. The van der Waals surface area contributed by atoms with Crippen LogP contribution in [0.15, 0.2) is 30.5 Å². The Morgan fingerprint density at radius 2 is 2.00 bits per heavy atom. The van der Waals surface area contributed by atoms with Gasteiger partial charge in [0.25, 0.3) is 5.91 Å². The molecule has 0 atom stereocenters. The average Bonchev–Trinajstić information content (AvgIpc) is 2.47. The van der Waals surface area contributed by atoms with Crippen LogP contribution in [0.2, 0.25) is 0 Å². The second-order valence-corrected chi connectivity index (χ2v) is 4.64. The predicted molar refractivity (Wildman–Crippen MR) is 74.9 cm³/mol. The van der Waals surface area contributed by atoms with Gasteiger partial charge in [-0.3, -0.25) is 9.78 Å². The summed E-state index contributed by atoms with van der Waals surface area (Å²) in [6.07, 6.45) is 1.65. The molecule has 1 aromatic heterocycles. The smallest absolute Gasteiger partial charge is 0.273 e. The van der Waals surface area contributed by atoms with E-state index in [9.17, 15) is 4.79 Å². The van der Waals surface area contributed by atoms with Crippen molar-refractivity contribution in [2.45, 2.75) is 0 Å². The molecular weight excluding hydrogens is 240 g/mol. The Balaban J connectivity index is 2.04. The zero-order valence-electron chi connectivity index (χ0n) is 10.6. The minimum atomic E-state index is -0.0160. The van der Waals surface area contributed by atoms with Crippen molar-refractivity contribution in [3.8, 4) is 0 Å². The minimum absolute atomic E-state index is 0.0160. The first-order valence-electron chi connectivity index (χ1n) is 6.40. The third-order valence-electron chi connectivity index (χ3n) is 3.45. The molecule has 19 heavy (non-hydrogen) atoms. The first kappa shape index (κ1) is 11.9. The zero-order chi connectivity index (χ0) is 13.2. The van der Waals surface area contributed by atoms with Gasteiger partial charge in [-0.15, -0.1) is 0 Å². The zero-order valence-corrected chi connectivity index (χ0v) is 10.6. The maximum atomic E-state index is 12.5. The van der Waals surface area contributed by atoms with Crippen molar-refractivity contribution >= 4 is 22.4 Å². The molecular formula is C14H16N4O. The van der Waals surface area contributed by atoms with Crippen LogP contribution in [-0.2, 0) is 0 Å². The number of nitrogens with two attached hydrogens (primary N) is 1. The van der Waals surface area contributed by atoms with Gasteiger partial charge in [0.2, 0.25) is 0 Å². The molecule has 0 radical (unpaired) electrons. The summed E-state index contributed by atoms with van der Waals surface area (Å²) in [4.78, 5) is 18.6. The molecule has 1 aliphatic heterocycles. The Morgan fingerprint density at radius 1 is 1.21 bits per heavy atom. The van der Waals surface area contributed by atoms with Crippen LogP contribution in [0, 0.1) is 0 Å². The summed E-state index contributed by atoms with van der Waals surface area (Å²) < 4.78 is 0. The number of hydrogen-bond donors (Lipinski definition) is 2. The fourth-order valence-electron chi connectivity index (χ4n) is 2.42. The van der Waals surface area contributed by atoms with Crippen molar-refractivity contribution in [3.05, 3.63) is 36.2 Å². The fourth-order valence-corrected chi connectivity index (χ4v) is 2.42. The molecule has 1 aromatic carbocycles. The average molecular weight is 256 g/mol. The Kier molecular flexibility index (Phi) is 3.05. The highest BCUT2D eigenvalue weighted by molar-refractivity contribution is 6.07. The highest BCUT2D eigenvalue weighted by atomic mass is 16.2. The molecule has 5 nitrogen and oxygen atoms in total. The van der Waals surface area contributed by atoms with Gasteiger partial charge in [-0.2, -0.15) is 0 Å². The highest BCUT2D eigenvalue weighted by Gasteiger charge is 2.21. The number of carbonyl (C=O) groups is 1. The molecule has 2 aromatic rings. The second kappa shape index (κ2) is 4.85. The van der Waals surface area contributed by atoms with Crippen LogP contribution in [0.3, 0.4) is 0 Å². The standard InChI is InChI=1S/C14H16N4O/c15-12-3-1-2-11-10(12)4-5-17-13(11)14(19)18-8-6-16-7-9-18/h1-5,16H,6-9,15H2. The van der Waals surface area contributed by atoms with Crippen LogP contribution in [0.25, 0.3) is 10.8 Å². The molecule has 0 aliphatic carbocycles. The normalized spacial score (nSPS) is 15.7. The molecule has 98 valence electrons. The van der Waals surface area contributed by atoms with Crippen molar-refractivity contribution in [3.63, 3.8) is 0 Å². The molecule has 0 spiro atoms. The first-order chi connectivity index (χ1) is 9.27. The summed E-state index contributed by atoms with van der Waals surface area (Å²) in [6.45, 7) is 3.11. The van der Waals surface area contributed by atoms with Crippen LogP contribution < -0.4 is 11.1 Å². The Bertz CT molecular complexity index is 620. The van der Waals surface area contributed by atoms with E-state index < -0.39 is 0 Å². The van der Waals surface area contributed by atoms with Gasteiger partial charge < -0.3 is 16.0 Å². The summed E-state index contributed by atoms with van der Waals surface area (Å²) in [7, 11) is 0. The van der Waals surface area contributed by atoms with Crippen LogP contribution in [0.4, 0.5) is 5.69 Å². The molecule has 0 saturated carbocycles. The van der Waals surface area contributed by atoms with E-state index in [1.807, 2.05) is 29.2 Å². The number of benzene rings is 1. The predicted octanol–water partition coefficient (Wildman–Crippen LogP) is 0.862. The molecule has 0 bridgehead atoms. The number of fused-ring (bicyclic) bond motifs is 1. The number of hydrogen-bond acceptors (Lipinski definition) is 4. The van der Waals surface area contributed by atoms with Crippen molar-refractivity contribution < 1.29 is 4.79 Å². The van der Waals surface area contributed by atoms with Crippen LogP contribution in [0.5, 0.6) is 0 Å². The van der Waals surface area contributed by atoms with E-state index >= 15 is 0 Å². The van der Waals surface area contributed by atoms with Crippen LogP contribution in [0.1, 0.15) is 10.5 Å². The number of aromatic nitrogens is 1. The van der Waals surface area contributed by atoms with Crippen LogP contribution in [-0.4, -0.2) is 42.0 Å². The lowest BCUT2D eigenvalue weighted by Gasteiger charge is -2.27. The van der Waals surface area contributed by atoms with Crippen molar-refractivity contribution in [1.29, 1.82) is 0 Å². The summed E-state index contributed by atoms with van der Waals surface area (Å²) in [5.74, 6) is -0.0160. The maximum absolute atomic E-state index is 12.5. The lowest BCUT2D eigenvalue weighted by molar-refractivity contribution is 0.0732. The number of pyridine rings is 1. The van der Waals surface area contributed by atoms with E-state index in [1.165, 1.54) is 0 Å². The number of carbonyl (C=O) groups excluding carboxylic acids is 1. The van der Waals surface area contributed by atoms with Gasteiger partial charge in [0, 0.05) is 48.8 Å². The van der Waals surface area contributed by atoms with E-state index in [2.05, 4.69) is 10.3 Å². The second-order valence-electron chi connectivity index (χ2n) is 4.64. The number of nitrogen functional groups attached to an aromatic ring is 1. The van der Waals surface area contributed by atoms with Crippen LogP contribution >= 0.6 is 0 Å². The molecule has 1 aliphatic rings. The molecule has 1 amide bonds. The highest BCUT2D eigenvalue weighted by Crippen LogP contribution is 2.23. The van der Waals surface area contributed by atoms with E-state index in [0.717, 1.165) is 37.0 Å². The number of nitrogens with zero attached hydrogens (tertiary/aromatic N) is 2. The number of anilines is 1. The molecule has 3 rings (SSSR count). The number of rotatable bonds is 1. The van der Waals surface area contributed by atoms with Gasteiger partial charge in [-0.05, 0) is 12.1 Å². The van der Waals surface area contributed by atoms with E-state index in [4.69, 9.17) is 5.73 Å². The fraction of sp³-hybridized carbons (Fsp3) is 0.286. The third-order valence-corrected chi connectivity index (χ3v) is 3.45. The molecule has 2 heterocycles. The SMILES string of the molecule is Nc1cccc2c(C(=O)N3CCNCC3)nccc12. The quantitative estimate of drug-likeness (QED) is 0.742. The van der Waals surface area contributed by atoms with Gasteiger partial charge in [-0.1, -0.05) is 12.1 Å². The summed E-state index contributed by atoms with van der Waals surface area (Å²) in [5.41, 5.74) is 7.11. The largest absolute Gasteiger partial charge is 0.398 e. The summed E-state index contributed by atoms with van der Waals surface area (Å²) >= 11 is 0. The lowest BCUT2D eigenvalue weighted by Crippen LogP contribution is -2.46. The maximum Gasteiger partial charge on any atom is 0.273 e. The summed E-state index contributed by atoms with van der Waals surface area (Å²) in [5, 5.41) is 4.94. The minimum Gasteiger partial charge on any atom is -0.398 e. The van der Waals surface area contributed by atoms with E-state index in [1.54, 1.807) is 6.20 Å². The van der Waals surface area contributed by atoms with Gasteiger partial charge in [0.1, 0.15) is 5.69 Å². The topological polar surface area (TPSA) is 71.2 Å². The number of amides is 1. The Morgan fingerprint density at radius 3 is 2.79 bits per heavy atom. The van der Waals surface area contributed by atoms with E-state index in [0.29, 0.717) is 11.4 Å². The van der Waals surface area contributed by atoms with Crippen molar-refractivity contribution in [2.75, 3.05) is 31.9 Å². The van der Waals surface area contributed by atoms with Crippen molar-refractivity contribution in [1.82, 2.24) is 15.2 Å². The lowest BCUT2D eigenvalue weighted by atomic mass is 10.1. The first-order valence-corrected chi connectivity index (χ1v) is 6.40. The molecule has 1 fully saturated rings. The van der Waals surface area contributed by atoms with Gasteiger partial charge >= 0.3 is 0 Å². The molecule has 0 unspecified atom stereocenters. The van der Waals surface area contributed by atoms with Gasteiger partial charge in [0.15, 0.2) is 0 Å². The Hall–Kier alpha value is -2.14. The molecule has 1 saturated heterocycles. The molecule has 3 N–H and O–H groups in total. The number of nitrogens with one attached hydrogen (secondary N) is 1. The third kappa shape index (κ3) is 2.13. The summed E-state index contributed by atoms with van der Waals surface area (Å²) in [6, 6.07) is 7.43. The number of piperazine rings is 1. The van der Waals surface area contributed by atoms with Crippen molar-refractivity contribution in [2.24, 2.45) is 0 Å². The van der Waals surface area contributed by atoms with Gasteiger partial charge in [0.05, 0.1) is 0 Å².